The molecule has 1 aromatic heterocycles. The number of aromatic nitrogens is 2. The van der Waals surface area contributed by atoms with Gasteiger partial charge >= 0.3 is 0 Å². The number of halogens is 1. The molecular formula is C18H23ClN4O4S. The lowest BCUT2D eigenvalue weighted by atomic mass is 9.97. The molecule has 1 aliphatic heterocycles. The van der Waals surface area contributed by atoms with Crippen LogP contribution < -0.4 is 0 Å². The predicted octanol–water partition coefficient (Wildman–Crippen LogP) is 2.41. The Morgan fingerprint density at radius 3 is 2.64 bits per heavy atom. The number of hydrogen-bond donors (Lipinski definition) is 0. The first-order valence-electron chi connectivity index (χ1n) is 9.12. The molecule has 1 fully saturated rings. The SMILES string of the molecule is CCS(=O)(=O)N1CCC(C(=O)N(C)Cc2nc(-c3ccccc3Cl)no2)CC1. The van der Waals surface area contributed by atoms with Gasteiger partial charge in [0, 0.05) is 31.6 Å². The molecule has 1 aromatic carbocycles. The van der Waals surface area contributed by atoms with Crippen LogP contribution in [0.5, 0.6) is 0 Å². The third-order valence-electron chi connectivity index (χ3n) is 4.89. The molecule has 0 bridgehead atoms. The molecule has 1 aliphatic rings. The standard InChI is InChI=1S/C18H23ClN4O4S/c1-3-28(25,26)23-10-8-13(9-11-23)18(24)22(2)12-16-20-17(21-27-16)14-6-4-5-7-15(14)19/h4-7,13H,3,8-12H2,1-2H3. The Morgan fingerprint density at radius 2 is 2.00 bits per heavy atom. The minimum absolute atomic E-state index is 0.0500. The maximum absolute atomic E-state index is 12.7. The fourth-order valence-corrected chi connectivity index (χ4v) is 4.58. The van der Waals surface area contributed by atoms with E-state index in [0.29, 0.717) is 48.2 Å². The number of hydrogen-bond acceptors (Lipinski definition) is 6. The highest BCUT2D eigenvalue weighted by Gasteiger charge is 2.31. The van der Waals surface area contributed by atoms with Crippen LogP contribution in [0.3, 0.4) is 0 Å². The monoisotopic (exact) mass is 426 g/mol. The summed E-state index contributed by atoms with van der Waals surface area (Å²) in [5.41, 5.74) is 0.664. The fourth-order valence-electron chi connectivity index (χ4n) is 3.23. The normalized spacial score (nSPS) is 16.2. The first-order chi connectivity index (χ1) is 13.3. The number of rotatable bonds is 6. The highest BCUT2D eigenvalue weighted by molar-refractivity contribution is 7.89. The molecule has 3 rings (SSSR count). The van der Waals surface area contributed by atoms with Gasteiger partial charge in [-0.3, -0.25) is 4.79 Å². The smallest absolute Gasteiger partial charge is 0.246 e. The van der Waals surface area contributed by atoms with Crippen LogP contribution in [-0.4, -0.2) is 59.6 Å². The van der Waals surface area contributed by atoms with Crippen LogP contribution in [0, 0.1) is 5.92 Å². The van der Waals surface area contributed by atoms with Gasteiger partial charge in [-0.2, -0.15) is 4.98 Å². The number of carbonyl (C=O) groups is 1. The molecule has 0 radical (unpaired) electrons. The molecule has 152 valence electrons. The lowest BCUT2D eigenvalue weighted by Crippen LogP contribution is -2.43. The molecule has 0 atom stereocenters. The zero-order valence-electron chi connectivity index (χ0n) is 15.8. The molecule has 2 heterocycles. The summed E-state index contributed by atoms with van der Waals surface area (Å²) in [6.07, 6.45) is 1.02. The Labute approximate surface area is 169 Å². The second kappa shape index (κ2) is 8.59. The van der Waals surface area contributed by atoms with Crippen molar-refractivity contribution in [2.24, 2.45) is 5.92 Å². The van der Waals surface area contributed by atoms with E-state index < -0.39 is 10.0 Å². The summed E-state index contributed by atoms with van der Waals surface area (Å²) in [6, 6.07) is 7.19. The van der Waals surface area contributed by atoms with E-state index in [1.165, 1.54) is 4.31 Å². The quantitative estimate of drug-likeness (QED) is 0.703. The maximum Gasteiger partial charge on any atom is 0.246 e. The Bertz CT molecular complexity index is 939. The lowest BCUT2D eigenvalue weighted by molar-refractivity contribution is -0.136. The summed E-state index contributed by atoms with van der Waals surface area (Å²) < 4.78 is 30.6. The van der Waals surface area contributed by atoms with Crippen molar-refractivity contribution in [1.29, 1.82) is 0 Å². The Balaban J connectivity index is 1.59. The summed E-state index contributed by atoms with van der Waals surface area (Å²) in [6.45, 7) is 2.56. The van der Waals surface area contributed by atoms with Crippen molar-refractivity contribution in [3.05, 3.63) is 35.2 Å². The van der Waals surface area contributed by atoms with Gasteiger partial charge in [0.25, 0.3) is 0 Å². The molecule has 0 unspecified atom stereocenters. The Hall–Kier alpha value is -1.97. The topological polar surface area (TPSA) is 96.6 Å². The minimum Gasteiger partial charge on any atom is -0.337 e. The van der Waals surface area contributed by atoms with Crippen LogP contribution in [0.25, 0.3) is 11.4 Å². The van der Waals surface area contributed by atoms with Crippen LogP contribution in [0.1, 0.15) is 25.7 Å². The van der Waals surface area contributed by atoms with Gasteiger partial charge in [0.2, 0.25) is 27.6 Å². The average Bonchev–Trinajstić information content (AvgIpc) is 3.16. The van der Waals surface area contributed by atoms with Gasteiger partial charge in [0.1, 0.15) is 0 Å². The molecule has 0 spiro atoms. The van der Waals surface area contributed by atoms with Crippen LogP contribution >= 0.6 is 11.6 Å². The number of piperidine rings is 1. The molecule has 0 saturated carbocycles. The average molecular weight is 427 g/mol. The summed E-state index contributed by atoms with van der Waals surface area (Å²) in [5, 5.41) is 4.46. The van der Waals surface area contributed by atoms with E-state index in [1.807, 2.05) is 12.1 Å². The highest BCUT2D eigenvalue weighted by atomic mass is 35.5. The molecule has 28 heavy (non-hydrogen) atoms. The molecular weight excluding hydrogens is 404 g/mol. The second-order valence-electron chi connectivity index (χ2n) is 6.76. The first kappa shape index (κ1) is 20.8. The molecule has 8 nitrogen and oxygen atoms in total. The number of sulfonamides is 1. The number of amides is 1. The zero-order valence-corrected chi connectivity index (χ0v) is 17.4. The summed E-state index contributed by atoms with van der Waals surface area (Å²) in [4.78, 5) is 18.6. The van der Waals surface area contributed by atoms with Crippen molar-refractivity contribution in [2.45, 2.75) is 26.3 Å². The van der Waals surface area contributed by atoms with E-state index in [1.54, 1.807) is 31.0 Å². The van der Waals surface area contributed by atoms with Gasteiger partial charge < -0.3 is 9.42 Å². The molecule has 0 aliphatic carbocycles. The van der Waals surface area contributed by atoms with E-state index in [9.17, 15) is 13.2 Å². The van der Waals surface area contributed by atoms with E-state index in [-0.39, 0.29) is 24.1 Å². The lowest BCUT2D eigenvalue weighted by Gasteiger charge is -2.32. The van der Waals surface area contributed by atoms with Crippen LogP contribution in [0.4, 0.5) is 0 Å². The van der Waals surface area contributed by atoms with Crippen molar-refractivity contribution < 1.29 is 17.7 Å². The van der Waals surface area contributed by atoms with Crippen molar-refractivity contribution in [3.63, 3.8) is 0 Å². The van der Waals surface area contributed by atoms with Gasteiger partial charge in [0.15, 0.2) is 0 Å². The first-order valence-corrected chi connectivity index (χ1v) is 11.1. The van der Waals surface area contributed by atoms with Crippen LogP contribution in [-0.2, 0) is 21.4 Å². The second-order valence-corrected chi connectivity index (χ2v) is 9.42. The largest absolute Gasteiger partial charge is 0.337 e. The van der Waals surface area contributed by atoms with Gasteiger partial charge in [-0.05, 0) is 31.9 Å². The van der Waals surface area contributed by atoms with Crippen molar-refractivity contribution in [3.8, 4) is 11.4 Å². The number of nitrogens with zero attached hydrogens (tertiary/aromatic N) is 4. The van der Waals surface area contributed by atoms with Crippen LogP contribution in [0.2, 0.25) is 5.02 Å². The Morgan fingerprint density at radius 1 is 1.32 bits per heavy atom. The maximum atomic E-state index is 12.7. The van der Waals surface area contributed by atoms with E-state index in [4.69, 9.17) is 16.1 Å². The van der Waals surface area contributed by atoms with E-state index in [0.717, 1.165) is 0 Å². The van der Waals surface area contributed by atoms with Crippen LogP contribution in [0.15, 0.2) is 28.8 Å². The summed E-state index contributed by atoms with van der Waals surface area (Å²) in [7, 11) is -1.52. The third-order valence-corrected chi connectivity index (χ3v) is 7.10. The summed E-state index contributed by atoms with van der Waals surface area (Å²) >= 11 is 6.15. The highest BCUT2D eigenvalue weighted by Crippen LogP contribution is 2.26. The van der Waals surface area contributed by atoms with E-state index in [2.05, 4.69) is 10.1 Å². The number of benzene rings is 1. The van der Waals surface area contributed by atoms with Crippen molar-refractivity contribution in [1.82, 2.24) is 19.3 Å². The number of carbonyl (C=O) groups excluding carboxylic acids is 1. The molecule has 2 aromatic rings. The van der Waals surface area contributed by atoms with Gasteiger partial charge in [0.05, 0.1) is 17.3 Å². The minimum atomic E-state index is -3.20. The van der Waals surface area contributed by atoms with Crippen molar-refractivity contribution in [2.75, 3.05) is 25.9 Å². The Kier molecular flexibility index (Phi) is 6.36. The molecule has 1 amide bonds. The van der Waals surface area contributed by atoms with Crippen molar-refractivity contribution >= 4 is 27.5 Å². The third kappa shape index (κ3) is 4.53. The zero-order chi connectivity index (χ0) is 20.3. The van der Waals surface area contributed by atoms with Gasteiger partial charge in [-0.1, -0.05) is 28.9 Å². The van der Waals surface area contributed by atoms with Gasteiger partial charge in [-0.25, -0.2) is 12.7 Å². The fraction of sp³-hybridized carbons (Fsp3) is 0.500. The molecule has 0 N–H and O–H groups in total. The summed E-state index contributed by atoms with van der Waals surface area (Å²) in [5.74, 6) is 0.512. The predicted molar refractivity (Wildman–Crippen MR) is 105 cm³/mol. The molecule has 1 saturated heterocycles. The van der Waals surface area contributed by atoms with E-state index >= 15 is 0 Å². The molecule has 10 heteroatoms. The van der Waals surface area contributed by atoms with Gasteiger partial charge in [-0.15, -0.1) is 0 Å².